The lowest BCUT2D eigenvalue weighted by Crippen LogP contribution is -2.42. The molecule has 1 amide bonds. The van der Waals surface area contributed by atoms with Crippen LogP contribution in [0.1, 0.15) is 17.7 Å². The summed E-state index contributed by atoms with van der Waals surface area (Å²) in [6.45, 7) is 0.482. The van der Waals surface area contributed by atoms with Gasteiger partial charge in [0, 0.05) is 0 Å². The first kappa shape index (κ1) is 8.58. The molecule has 13 heavy (non-hydrogen) atoms. The van der Waals surface area contributed by atoms with Crippen LogP contribution in [0, 0.1) is 0 Å². The first-order chi connectivity index (χ1) is 6.21. The second kappa shape index (κ2) is 3.04. The fraction of sp³-hybridized carbons (Fsp3) is 0.571. The summed E-state index contributed by atoms with van der Waals surface area (Å²) in [4.78, 5) is 12.3. The number of rotatable bonds is 3. The van der Waals surface area contributed by atoms with Crippen LogP contribution in [-0.4, -0.2) is 21.0 Å². The van der Waals surface area contributed by atoms with E-state index in [1.165, 1.54) is 11.5 Å². The predicted molar refractivity (Wildman–Crippen MR) is 47.9 cm³/mol. The number of nitrogens with one attached hydrogen (secondary N) is 1. The SMILES string of the molecule is NC1(C(=O)NCc2cnns2)CC1. The van der Waals surface area contributed by atoms with Crippen LogP contribution in [0.25, 0.3) is 0 Å². The van der Waals surface area contributed by atoms with Crippen molar-refractivity contribution in [2.24, 2.45) is 5.73 Å². The number of aromatic nitrogens is 2. The van der Waals surface area contributed by atoms with Gasteiger partial charge in [-0.1, -0.05) is 4.49 Å². The molecule has 1 aliphatic carbocycles. The van der Waals surface area contributed by atoms with Crippen LogP contribution in [0.3, 0.4) is 0 Å². The third-order valence-electron chi connectivity index (χ3n) is 2.07. The van der Waals surface area contributed by atoms with Gasteiger partial charge >= 0.3 is 0 Å². The van der Waals surface area contributed by atoms with E-state index in [4.69, 9.17) is 5.73 Å². The van der Waals surface area contributed by atoms with Gasteiger partial charge in [-0.3, -0.25) is 4.79 Å². The number of hydrogen-bond donors (Lipinski definition) is 2. The molecule has 0 atom stereocenters. The van der Waals surface area contributed by atoms with E-state index in [9.17, 15) is 4.79 Å². The smallest absolute Gasteiger partial charge is 0.240 e. The van der Waals surface area contributed by atoms with Crippen LogP contribution in [0.2, 0.25) is 0 Å². The second-order valence-corrected chi connectivity index (χ2v) is 4.09. The van der Waals surface area contributed by atoms with Crippen molar-refractivity contribution in [3.8, 4) is 0 Å². The van der Waals surface area contributed by atoms with E-state index in [2.05, 4.69) is 14.9 Å². The average molecular weight is 198 g/mol. The quantitative estimate of drug-likeness (QED) is 0.695. The summed E-state index contributed by atoms with van der Waals surface area (Å²) in [5.41, 5.74) is 5.10. The molecule has 0 unspecified atom stereocenters. The molecule has 0 radical (unpaired) electrons. The third kappa shape index (κ3) is 1.84. The molecule has 0 aliphatic heterocycles. The second-order valence-electron chi connectivity index (χ2n) is 3.22. The molecule has 6 heteroatoms. The summed E-state index contributed by atoms with van der Waals surface area (Å²) >= 11 is 1.28. The summed E-state index contributed by atoms with van der Waals surface area (Å²) in [5.74, 6) is -0.0686. The lowest BCUT2D eigenvalue weighted by Gasteiger charge is -2.07. The fourth-order valence-corrected chi connectivity index (χ4v) is 1.40. The Morgan fingerprint density at radius 3 is 3.08 bits per heavy atom. The Kier molecular flexibility index (Phi) is 2.01. The van der Waals surface area contributed by atoms with E-state index in [-0.39, 0.29) is 5.91 Å². The molecule has 70 valence electrons. The molecule has 5 nitrogen and oxygen atoms in total. The summed E-state index contributed by atoms with van der Waals surface area (Å²) in [5, 5.41) is 6.42. The van der Waals surface area contributed by atoms with Crippen molar-refractivity contribution in [2.75, 3.05) is 0 Å². The fourth-order valence-electron chi connectivity index (χ4n) is 0.971. The van der Waals surface area contributed by atoms with E-state index < -0.39 is 5.54 Å². The lowest BCUT2D eigenvalue weighted by molar-refractivity contribution is -0.123. The van der Waals surface area contributed by atoms with Gasteiger partial charge in [-0.2, -0.15) is 0 Å². The highest BCUT2D eigenvalue weighted by Crippen LogP contribution is 2.32. The zero-order valence-corrected chi connectivity index (χ0v) is 7.80. The summed E-state index contributed by atoms with van der Waals surface area (Å²) in [6.07, 6.45) is 3.22. The maximum Gasteiger partial charge on any atom is 0.240 e. The van der Waals surface area contributed by atoms with Crippen LogP contribution in [0.15, 0.2) is 6.20 Å². The van der Waals surface area contributed by atoms with Crippen LogP contribution in [-0.2, 0) is 11.3 Å². The predicted octanol–water partition coefficient (Wildman–Crippen LogP) is -0.354. The molecule has 1 aromatic rings. The average Bonchev–Trinajstić information content (AvgIpc) is 2.70. The highest BCUT2D eigenvalue weighted by Gasteiger charge is 2.45. The van der Waals surface area contributed by atoms with E-state index in [0.29, 0.717) is 6.54 Å². The van der Waals surface area contributed by atoms with Gasteiger partial charge in [0.2, 0.25) is 5.91 Å². The van der Waals surface area contributed by atoms with Crippen molar-refractivity contribution in [3.05, 3.63) is 11.1 Å². The van der Waals surface area contributed by atoms with E-state index in [0.717, 1.165) is 17.7 Å². The molecule has 0 saturated heterocycles. The minimum absolute atomic E-state index is 0.0686. The molecule has 1 saturated carbocycles. The molecular formula is C7H10N4OS. The first-order valence-corrected chi connectivity index (χ1v) is 4.81. The van der Waals surface area contributed by atoms with Crippen LogP contribution in [0.5, 0.6) is 0 Å². The van der Waals surface area contributed by atoms with E-state index in [1.54, 1.807) is 6.20 Å². The van der Waals surface area contributed by atoms with E-state index >= 15 is 0 Å². The van der Waals surface area contributed by atoms with Crippen LogP contribution in [0.4, 0.5) is 0 Å². The Morgan fingerprint density at radius 2 is 2.54 bits per heavy atom. The zero-order valence-electron chi connectivity index (χ0n) is 6.99. The molecule has 2 rings (SSSR count). The molecule has 1 aliphatic rings. The Bertz CT molecular complexity index is 306. The van der Waals surface area contributed by atoms with Crippen molar-refractivity contribution < 1.29 is 4.79 Å². The van der Waals surface area contributed by atoms with Gasteiger partial charge in [-0.25, -0.2) is 0 Å². The number of nitrogens with zero attached hydrogens (tertiary/aromatic N) is 2. The normalized spacial score (nSPS) is 18.2. The molecule has 0 aromatic carbocycles. The van der Waals surface area contributed by atoms with Gasteiger partial charge in [0.05, 0.1) is 23.2 Å². The number of amides is 1. The number of nitrogens with two attached hydrogens (primary N) is 1. The maximum atomic E-state index is 11.3. The van der Waals surface area contributed by atoms with Crippen molar-refractivity contribution in [3.63, 3.8) is 0 Å². The minimum atomic E-state index is -0.585. The van der Waals surface area contributed by atoms with Gasteiger partial charge in [0.1, 0.15) is 0 Å². The maximum absolute atomic E-state index is 11.3. The van der Waals surface area contributed by atoms with Crippen LogP contribution >= 0.6 is 11.5 Å². The van der Waals surface area contributed by atoms with E-state index in [1.807, 2.05) is 0 Å². The molecule has 3 N–H and O–H groups in total. The summed E-state index contributed by atoms with van der Waals surface area (Å²) in [7, 11) is 0. The highest BCUT2D eigenvalue weighted by molar-refractivity contribution is 7.05. The molecule has 0 bridgehead atoms. The Labute approximate surface area is 79.5 Å². The highest BCUT2D eigenvalue weighted by atomic mass is 32.1. The molecule has 1 aromatic heterocycles. The standard InChI is InChI=1S/C7H10N4OS/c8-7(1-2-7)6(12)9-3-5-4-10-11-13-5/h4H,1-3,8H2,(H,9,12). The van der Waals surface area contributed by atoms with Gasteiger partial charge in [-0.05, 0) is 24.4 Å². The van der Waals surface area contributed by atoms with Gasteiger partial charge in [0.25, 0.3) is 0 Å². The number of hydrogen-bond acceptors (Lipinski definition) is 5. The number of carbonyl (C=O) groups excluding carboxylic acids is 1. The summed E-state index contributed by atoms with van der Waals surface area (Å²) < 4.78 is 3.69. The molecular weight excluding hydrogens is 188 g/mol. The van der Waals surface area contributed by atoms with Gasteiger partial charge < -0.3 is 11.1 Å². The summed E-state index contributed by atoms with van der Waals surface area (Å²) in [6, 6.07) is 0. The Balaban J connectivity index is 1.83. The van der Waals surface area contributed by atoms with Crippen LogP contribution < -0.4 is 11.1 Å². The van der Waals surface area contributed by atoms with Crippen molar-refractivity contribution in [2.45, 2.75) is 24.9 Å². The molecule has 1 fully saturated rings. The largest absolute Gasteiger partial charge is 0.349 e. The lowest BCUT2D eigenvalue weighted by atomic mass is 10.3. The van der Waals surface area contributed by atoms with Gasteiger partial charge in [-0.15, -0.1) is 5.10 Å². The minimum Gasteiger partial charge on any atom is -0.349 e. The Hall–Kier alpha value is -1.01. The molecule has 1 heterocycles. The number of carbonyl (C=O) groups is 1. The monoisotopic (exact) mass is 198 g/mol. The first-order valence-electron chi connectivity index (χ1n) is 4.04. The van der Waals surface area contributed by atoms with Crippen molar-refractivity contribution in [1.82, 2.24) is 14.9 Å². The zero-order chi connectivity index (χ0) is 9.31. The van der Waals surface area contributed by atoms with Crippen molar-refractivity contribution >= 4 is 17.4 Å². The molecule has 0 spiro atoms. The van der Waals surface area contributed by atoms with Gasteiger partial charge in [0.15, 0.2) is 0 Å². The van der Waals surface area contributed by atoms with Crippen molar-refractivity contribution in [1.29, 1.82) is 0 Å². The third-order valence-corrected chi connectivity index (χ3v) is 2.73. The topological polar surface area (TPSA) is 80.9 Å². The Morgan fingerprint density at radius 1 is 1.77 bits per heavy atom.